The zero-order valence-corrected chi connectivity index (χ0v) is 14.9. The van der Waals surface area contributed by atoms with Crippen LogP contribution in [0.25, 0.3) is 10.9 Å². The van der Waals surface area contributed by atoms with Crippen molar-refractivity contribution < 1.29 is 14.6 Å². The maximum Gasteiger partial charge on any atom is 0.142 e. The topological polar surface area (TPSA) is 57.7 Å². The standard InChI is InChI=1S/C21H24N2O3/c1-15-6-7-21-19(12-15)23(10-3-11-25-21)13-16(24)14-26-20-5-2-4-18-17(20)8-9-22-18/h2,4-9,12,16,22,24H,3,10-11,13-14H2,1H3. The highest BCUT2D eigenvalue weighted by molar-refractivity contribution is 5.85. The Hall–Kier alpha value is -2.66. The lowest BCUT2D eigenvalue weighted by atomic mass is 10.1. The second-order valence-corrected chi connectivity index (χ2v) is 6.78. The van der Waals surface area contributed by atoms with Crippen LogP contribution >= 0.6 is 0 Å². The second-order valence-electron chi connectivity index (χ2n) is 6.78. The van der Waals surface area contributed by atoms with Gasteiger partial charge in [-0.3, -0.25) is 0 Å². The summed E-state index contributed by atoms with van der Waals surface area (Å²) in [5.41, 5.74) is 3.27. The first kappa shape index (κ1) is 16.8. The molecule has 136 valence electrons. The molecule has 1 atom stereocenters. The number of rotatable bonds is 5. The molecule has 4 rings (SSSR count). The Bertz CT molecular complexity index is 890. The molecular formula is C21H24N2O3. The fourth-order valence-electron chi connectivity index (χ4n) is 3.42. The number of aromatic nitrogens is 1. The van der Waals surface area contributed by atoms with Gasteiger partial charge < -0.3 is 24.5 Å². The third-order valence-corrected chi connectivity index (χ3v) is 4.70. The van der Waals surface area contributed by atoms with E-state index in [-0.39, 0.29) is 6.61 Å². The first-order valence-corrected chi connectivity index (χ1v) is 9.06. The van der Waals surface area contributed by atoms with Gasteiger partial charge in [0, 0.05) is 30.2 Å². The van der Waals surface area contributed by atoms with Crippen molar-refractivity contribution >= 4 is 16.6 Å². The largest absolute Gasteiger partial charge is 0.491 e. The molecule has 0 bridgehead atoms. The molecule has 0 saturated carbocycles. The lowest BCUT2D eigenvalue weighted by molar-refractivity contribution is 0.113. The van der Waals surface area contributed by atoms with E-state index in [9.17, 15) is 5.11 Å². The number of nitrogens with zero attached hydrogens (tertiary/aromatic N) is 1. The van der Waals surface area contributed by atoms with Gasteiger partial charge in [-0.15, -0.1) is 0 Å². The fourth-order valence-corrected chi connectivity index (χ4v) is 3.42. The number of hydrogen-bond donors (Lipinski definition) is 2. The van der Waals surface area contributed by atoms with E-state index in [0.29, 0.717) is 13.2 Å². The summed E-state index contributed by atoms with van der Waals surface area (Å²) in [6, 6.07) is 14.1. The minimum atomic E-state index is -0.587. The highest BCUT2D eigenvalue weighted by Crippen LogP contribution is 2.32. The Labute approximate surface area is 153 Å². The van der Waals surface area contributed by atoms with Crippen molar-refractivity contribution in [3.05, 3.63) is 54.2 Å². The summed E-state index contributed by atoms with van der Waals surface area (Å²) < 4.78 is 11.7. The number of fused-ring (bicyclic) bond motifs is 2. The molecule has 5 nitrogen and oxygen atoms in total. The molecule has 2 heterocycles. The molecule has 0 saturated heterocycles. The molecule has 2 aromatic carbocycles. The van der Waals surface area contributed by atoms with Gasteiger partial charge in [-0.05, 0) is 49.2 Å². The molecule has 1 aromatic heterocycles. The third-order valence-electron chi connectivity index (χ3n) is 4.70. The highest BCUT2D eigenvalue weighted by Gasteiger charge is 2.20. The third kappa shape index (κ3) is 3.48. The summed E-state index contributed by atoms with van der Waals surface area (Å²) in [5.74, 6) is 1.68. The molecule has 3 aromatic rings. The summed E-state index contributed by atoms with van der Waals surface area (Å²) in [5, 5.41) is 11.6. The molecule has 2 N–H and O–H groups in total. The van der Waals surface area contributed by atoms with Gasteiger partial charge in [-0.25, -0.2) is 0 Å². The predicted molar refractivity (Wildman–Crippen MR) is 103 cm³/mol. The molecular weight excluding hydrogens is 328 g/mol. The van der Waals surface area contributed by atoms with Crippen molar-refractivity contribution in [3.63, 3.8) is 0 Å². The first-order valence-electron chi connectivity index (χ1n) is 9.06. The van der Waals surface area contributed by atoms with Gasteiger partial charge >= 0.3 is 0 Å². The Balaban J connectivity index is 1.44. The normalized spacial score (nSPS) is 15.2. The van der Waals surface area contributed by atoms with Gasteiger partial charge in [0.1, 0.15) is 24.2 Å². The van der Waals surface area contributed by atoms with Gasteiger partial charge in [0.2, 0.25) is 0 Å². The number of anilines is 1. The molecule has 0 fully saturated rings. The van der Waals surface area contributed by atoms with Gasteiger partial charge in [-0.1, -0.05) is 12.1 Å². The molecule has 0 spiro atoms. The first-order chi connectivity index (χ1) is 12.7. The quantitative estimate of drug-likeness (QED) is 0.738. The Morgan fingerprint density at radius 3 is 3.12 bits per heavy atom. The van der Waals surface area contributed by atoms with Crippen molar-refractivity contribution in [3.8, 4) is 11.5 Å². The molecule has 1 aliphatic heterocycles. The Kier molecular flexibility index (Phi) is 4.71. The molecule has 26 heavy (non-hydrogen) atoms. The van der Waals surface area contributed by atoms with E-state index in [1.807, 2.05) is 36.5 Å². The smallest absolute Gasteiger partial charge is 0.142 e. The van der Waals surface area contributed by atoms with E-state index in [2.05, 4.69) is 28.9 Å². The van der Waals surface area contributed by atoms with Crippen LogP contribution in [0.3, 0.4) is 0 Å². The Morgan fingerprint density at radius 1 is 1.27 bits per heavy atom. The van der Waals surface area contributed by atoms with Crippen LogP contribution in [0.5, 0.6) is 11.5 Å². The van der Waals surface area contributed by atoms with Crippen LogP contribution in [-0.4, -0.2) is 42.5 Å². The lowest BCUT2D eigenvalue weighted by Gasteiger charge is -2.26. The van der Waals surface area contributed by atoms with E-state index in [0.717, 1.165) is 41.1 Å². The molecule has 1 unspecified atom stereocenters. The zero-order valence-electron chi connectivity index (χ0n) is 14.9. The summed E-state index contributed by atoms with van der Waals surface area (Å²) >= 11 is 0. The number of ether oxygens (including phenoxy) is 2. The highest BCUT2D eigenvalue weighted by atomic mass is 16.5. The van der Waals surface area contributed by atoms with Crippen LogP contribution < -0.4 is 14.4 Å². The van der Waals surface area contributed by atoms with E-state index in [4.69, 9.17) is 9.47 Å². The van der Waals surface area contributed by atoms with Crippen molar-refractivity contribution in [2.75, 3.05) is 31.2 Å². The molecule has 0 amide bonds. The summed E-state index contributed by atoms with van der Waals surface area (Å²) in [4.78, 5) is 5.37. The summed E-state index contributed by atoms with van der Waals surface area (Å²) in [6.45, 7) is 4.40. The van der Waals surface area contributed by atoms with Crippen LogP contribution in [0.2, 0.25) is 0 Å². The number of aromatic amines is 1. The minimum Gasteiger partial charge on any atom is -0.491 e. The van der Waals surface area contributed by atoms with E-state index in [1.165, 1.54) is 5.56 Å². The van der Waals surface area contributed by atoms with E-state index in [1.54, 1.807) is 0 Å². The van der Waals surface area contributed by atoms with Crippen LogP contribution in [0, 0.1) is 6.92 Å². The lowest BCUT2D eigenvalue weighted by Crippen LogP contribution is -2.36. The van der Waals surface area contributed by atoms with Crippen molar-refractivity contribution in [1.29, 1.82) is 0 Å². The van der Waals surface area contributed by atoms with Crippen molar-refractivity contribution in [2.24, 2.45) is 0 Å². The average molecular weight is 352 g/mol. The van der Waals surface area contributed by atoms with E-state index >= 15 is 0 Å². The van der Waals surface area contributed by atoms with E-state index < -0.39 is 6.10 Å². The van der Waals surface area contributed by atoms with Crippen LogP contribution in [0.15, 0.2) is 48.7 Å². The van der Waals surface area contributed by atoms with Gasteiger partial charge in [0.25, 0.3) is 0 Å². The monoisotopic (exact) mass is 352 g/mol. The fraction of sp³-hybridized carbons (Fsp3) is 0.333. The average Bonchev–Trinajstić information content (AvgIpc) is 3.04. The van der Waals surface area contributed by atoms with Crippen molar-refractivity contribution in [2.45, 2.75) is 19.4 Å². The molecule has 5 heteroatoms. The van der Waals surface area contributed by atoms with Crippen LogP contribution in [0.4, 0.5) is 5.69 Å². The number of H-pyrrole nitrogens is 1. The number of aliphatic hydroxyl groups excluding tert-OH is 1. The predicted octanol–water partition coefficient (Wildman–Crippen LogP) is 3.51. The zero-order chi connectivity index (χ0) is 17.9. The summed E-state index contributed by atoms with van der Waals surface area (Å²) in [7, 11) is 0. The number of nitrogens with one attached hydrogen (secondary N) is 1. The maximum absolute atomic E-state index is 10.6. The second kappa shape index (κ2) is 7.30. The van der Waals surface area contributed by atoms with Gasteiger partial charge in [0.05, 0.1) is 12.3 Å². The Morgan fingerprint density at radius 2 is 2.19 bits per heavy atom. The van der Waals surface area contributed by atoms with Crippen molar-refractivity contribution in [1.82, 2.24) is 4.98 Å². The SMILES string of the molecule is Cc1ccc2c(c1)N(CC(O)COc1cccc3[nH]ccc13)CCCO2. The van der Waals surface area contributed by atoms with Gasteiger partial charge in [0.15, 0.2) is 0 Å². The minimum absolute atomic E-state index is 0.253. The number of benzene rings is 2. The number of aliphatic hydroxyl groups is 1. The van der Waals surface area contributed by atoms with Gasteiger partial charge in [-0.2, -0.15) is 0 Å². The number of aryl methyl sites for hydroxylation is 1. The maximum atomic E-state index is 10.6. The number of hydrogen-bond acceptors (Lipinski definition) is 4. The summed E-state index contributed by atoms with van der Waals surface area (Å²) in [6.07, 6.45) is 2.24. The van der Waals surface area contributed by atoms with Crippen LogP contribution in [0.1, 0.15) is 12.0 Å². The number of β-amino-alcohol motifs (C(OH)–C–C–N with tert-alkyl or cyclic N) is 1. The molecule has 0 aliphatic carbocycles. The molecule has 1 aliphatic rings. The molecule has 0 radical (unpaired) electrons. The van der Waals surface area contributed by atoms with Crippen LogP contribution in [-0.2, 0) is 0 Å².